The van der Waals surface area contributed by atoms with Crippen LogP contribution in [0.1, 0.15) is 13.8 Å². The van der Waals surface area contributed by atoms with Crippen molar-refractivity contribution >= 4 is 27.3 Å². The number of anilines is 2. The summed E-state index contributed by atoms with van der Waals surface area (Å²) in [5, 5.41) is 0. The summed E-state index contributed by atoms with van der Waals surface area (Å²) in [4.78, 5) is 2.08. The number of rotatable bonds is 3. The molecule has 14 heavy (non-hydrogen) atoms. The fourth-order valence-electron chi connectivity index (χ4n) is 1.46. The molecule has 1 aromatic carbocycles. The van der Waals surface area contributed by atoms with Crippen molar-refractivity contribution in [2.24, 2.45) is 0 Å². The first-order valence-corrected chi connectivity index (χ1v) is 5.38. The molecule has 0 unspecified atom stereocenters. The predicted octanol–water partition coefficient (Wildman–Crippen LogP) is 3.02. The molecule has 0 aliphatic carbocycles. The first-order chi connectivity index (χ1) is 6.60. The average molecular weight is 261 g/mol. The Balaban J connectivity index is 3.19. The normalized spacial score (nSPS) is 10.3. The fraction of sp³-hybridized carbons (Fsp3) is 0.400. The number of halogens is 2. The van der Waals surface area contributed by atoms with E-state index in [9.17, 15) is 4.39 Å². The van der Waals surface area contributed by atoms with E-state index >= 15 is 0 Å². The van der Waals surface area contributed by atoms with Crippen LogP contribution in [0.25, 0.3) is 0 Å². The smallest absolute Gasteiger partial charge is 0.126 e. The summed E-state index contributed by atoms with van der Waals surface area (Å²) in [5.41, 5.74) is 7.11. The SMILES string of the molecule is CCN(CC)c1c(N)cc(F)cc1Br. The van der Waals surface area contributed by atoms with E-state index < -0.39 is 0 Å². The Bertz CT molecular complexity index is 301. The summed E-state index contributed by atoms with van der Waals surface area (Å²) in [5.74, 6) is -0.315. The number of benzene rings is 1. The standard InChI is InChI=1S/C10H14BrFN2/c1-3-14(4-2)10-8(11)5-7(12)6-9(10)13/h5-6H,3-4,13H2,1-2H3. The minimum atomic E-state index is -0.315. The van der Waals surface area contributed by atoms with Gasteiger partial charge in [-0.2, -0.15) is 0 Å². The van der Waals surface area contributed by atoms with Gasteiger partial charge in [0.2, 0.25) is 0 Å². The molecular weight excluding hydrogens is 247 g/mol. The van der Waals surface area contributed by atoms with Gasteiger partial charge in [0.15, 0.2) is 0 Å². The maximum absolute atomic E-state index is 13.0. The van der Waals surface area contributed by atoms with Crippen molar-refractivity contribution in [1.29, 1.82) is 0 Å². The van der Waals surface area contributed by atoms with Crippen molar-refractivity contribution < 1.29 is 4.39 Å². The lowest BCUT2D eigenvalue weighted by Crippen LogP contribution is -2.23. The van der Waals surface area contributed by atoms with Crippen molar-refractivity contribution in [2.75, 3.05) is 23.7 Å². The molecule has 0 saturated carbocycles. The van der Waals surface area contributed by atoms with Gasteiger partial charge >= 0.3 is 0 Å². The minimum Gasteiger partial charge on any atom is -0.397 e. The summed E-state index contributed by atoms with van der Waals surface area (Å²) >= 11 is 3.32. The topological polar surface area (TPSA) is 29.3 Å². The van der Waals surface area contributed by atoms with Crippen LogP contribution in [0.2, 0.25) is 0 Å². The molecule has 2 nitrogen and oxygen atoms in total. The van der Waals surface area contributed by atoms with Gasteiger partial charge in [0.05, 0.1) is 11.4 Å². The van der Waals surface area contributed by atoms with Crippen molar-refractivity contribution in [3.8, 4) is 0 Å². The second-order valence-corrected chi connectivity index (χ2v) is 3.85. The lowest BCUT2D eigenvalue weighted by Gasteiger charge is -2.24. The van der Waals surface area contributed by atoms with Gasteiger partial charge in [-0.3, -0.25) is 0 Å². The fourth-order valence-corrected chi connectivity index (χ4v) is 2.16. The highest BCUT2D eigenvalue weighted by Gasteiger charge is 2.11. The molecule has 0 radical (unpaired) electrons. The van der Waals surface area contributed by atoms with Crippen LogP contribution in [0.15, 0.2) is 16.6 Å². The monoisotopic (exact) mass is 260 g/mol. The number of nitrogens with two attached hydrogens (primary N) is 1. The van der Waals surface area contributed by atoms with E-state index in [1.807, 2.05) is 13.8 Å². The maximum atomic E-state index is 13.0. The van der Waals surface area contributed by atoms with Crippen LogP contribution in [0.5, 0.6) is 0 Å². The molecule has 1 aromatic rings. The van der Waals surface area contributed by atoms with Gasteiger partial charge in [0.25, 0.3) is 0 Å². The zero-order valence-corrected chi connectivity index (χ0v) is 9.94. The third kappa shape index (κ3) is 2.18. The number of hydrogen-bond donors (Lipinski definition) is 1. The quantitative estimate of drug-likeness (QED) is 0.847. The highest BCUT2D eigenvalue weighted by Crippen LogP contribution is 2.33. The molecule has 78 valence electrons. The molecule has 0 fully saturated rings. The van der Waals surface area contributed by atoms with E-state index in [2.05, 4.69) is 20.8 Å². The van der Waals surface area contributed by atoms with Gasteiger partial charge in [-0.05, 0) is 41.9 Å². The molecule has 0 atom stereocenters. The second-order valence-electron chi connectivity index (χ2n) is 3.00. The van der Waals surface area contributed by atoms with Gasteiger partial charge < -0.3 is 10.6 Å². The first kappa shape index (κ1) is 11.3. The van der Waals surface area contributed by atoms with Crippen LogP contribution < -0.4 is 10.6 Å². The molecule has 2 N–H and O–H groups in total. The van der Waals surface area contributed by atoms with Crippen molar-refractivity contribution in [3.63, 3.8) is 0 Å². The highest BCUT2D eigenvalue weighted by atomic mass is 79.9. The van der Waals surface area contributed by atoms with Gasteiger partial charge in [0.1, 0.15) is 5.82 Å². The van der Waals surface area contributed by atoms with Gasteiger partial charge in [-0.15, -0.1) is 0 Å². The molecule has 0 bridgehead atoms. The van der Waals surface area contributed by atoms with Crippen LogP contribution in [0.3, 0.4) is 0 Å². The zero-order chi connectivity index (χ0) is 10.7. The Morgan fingerprint density at radius 1 is 1.36 bits per heavy atom. The van der Waals surface area contributed by atoms with E-state index in [4.69, 9.17) is 5.73 Å². The van der Waals surface area contributed by atoms with Gasteiger partial charge in [-0.25, -0.2) is 4.39 Å². The molecule has 0 spiro atoms. The van der Waals surface area contributed by atoms with Crippen molar-refractivity contribution in [1.82, 2.24) is 0 Å². The van der Waals surface area contributed by atoms with Gasteiger partial charge in [-0.1, -0.05) is 0 Å². The van der Waals surface area contributed by atoms with E-state index in [0.717, 1.165) is 18.8 Å². The number of nitrogen functional groups attached to an aromatic ring is 1. The molecule has 4 heteroatoms. The Hall–Kier alpha value is -0.770. The van der Waals surface area contributed by atoms with Gasteiger partial charge in [0, 0.05) is 17.6 Å². The molecular formula is C10H14BrFN2. The summed E-state index contributed by atoms with van der Waals surface area (Å²) in [7, 11) is 0. The second kappa shape index (κ2) is 4.64. The first-order valence-electron chi connectivity index (χ1n) is 4.59. The summed E-state index contributed by atoms with van der Waals surface area (Å²) in [6.07, 6.45) is 0. The minimum absolute atomic E-state index is 0.315. The third-order valence-corrected chi connectivity index (χ3v) is 2.74. The summed E-state index contributed by atoms with van der Waals surface area (Å²) in [6.45, 7) is 5.79. The summed E-state index contributed by atoms with van der Waals surface area (Å²) in [6, 6.07) is 2.78. The van der Waals surface area contributed by atoms with E-state index in [-0.39, 0.29) is 5.82 Å². The molecule has 0 aromatic heterocycles. The number of nitrogens with zero attached hydrogens (tertiary/aromatic N) is 1. The zero-order valence-electron chi connectivity index (χ0n) is 8.35. The Kier molecular flexibility index (Phi) is 3.75. The third-order valence-electron chi connectivity index (χ3n) is 2.14. The Labute approximate surface area is 92.0 Å². The maximum Gasteiger partial charge on any atom is 0.126 e. The molecule has 0 heterocycles. The van der Waals surface area contributed by atoms with E-state index in [1.54, 1.807) is 0 Å². The van der Waals surface area contributed by atoms with Crippen LogP contribution in [0.4, 0.5) is 15.8 Å². The number of hydrogen-bond acceptors (Lipinski definition) is 2. The van der Waals surface area contributed by atoms with E-state index in [1.165, 1.54) is 12.1 Å². The highest BCUT2D eigenvalue weighted by molar-refractivity contribution is 9.10. The van der Waals surface area contributed by atoms with Crippen LogP contribution in [-0.2, 0) is 0 Å². The molecule has 0 aliphatic rings. The van der Waals surface area contributed by atoms with E-state index in [0.29, 0.717) is 10.2 Å². The molecule has 0 aliphatic heterocycles. The Morgan fingerprint density at radius 3 is 2.36 bits per heavy atom. The predicted molar refractivity (Wildman–Crippen MR) is 62.1 cm³/mol. The Morgan fingerprint density at radius 2 is 1.93 bits per heavy atom. The largest absolute Gasteiger partial charge is 0.397 e. The lowest BCUT2D eigenvalue weighted by atomic mass is 10.2. The van der Waals surface area contributed by atoms with Crippen LogP contribution in [-0.4, -0.2) is 13.1 Å². The lowest BCUT2D eigenvalue weighted by molar-refractivity contribution is 0.627. The molecule has 0 amide bonds. The molecule has 0 saturated heterocycles. The molecule has 1 rings (SSSR count). The average Bonchev–Trinajstić information content (AvgIpc) is 2.10. The van der Waals surface area contributed by atoms with Crippen LogP contribution >= 0.6 is 15.9 Å². The van der Waals surface area contributed by atoms with Crippen LogP contribution in [0, 0.1) is 5.82 Å². The van der Waals surface area contributed by atoms with Crippen molar-refractivity contribution in [3.05, 3.63) is 22.4 Å². The summed E-state index contributed by atoms with van der Waals surface area (Å²) < 4.78 is 13.7. The van der Waals surface area contributed by atoms with Crippen molar-refractivity contribution in [2.45, 2.75) is 13.8 Å².